The number of hydrogen-bond donors (Lipinski definition) is 1. The summed E-state index contributed by atoms with van der Waals surface area (Å²) in [6, 6.07) is 3.04. The van der Waals surface area contributed by atoms with Crippen LogP contribution in [0, 0.1) is 0 Å². The van der Waals surface area contributed by atoms with Gasteiger partial charge in [0.1, 0.15) is 6.73 Å². The van der Waals surface area contributed by atoms with Gasteiger partial charge in [0, 0.05) is 18.0 Å². The highest BCUT2D eigenvalue weighted by Crippen LogP contribution is 2.04. The minimum atomic E-state index is -0.0878. The van der Waals surface area contributed by atoms with Crippen LogP contribution in [0.2, 0.25) is 0 Å². The van der Waals surface area contributed by atoms with E-state index >= 15 is 0 Å². The van der Waals surface area contributed by atoms with Crippen molar-refractivity contribution in [3.05, 3.63) is 28.7 Å². The molecule has 0 aliphatic carbocycles. The van der Waals surface area contributed by atoms with E-state index in [-0.39, 0.29) is 18.4 Å². The van der Waals surface area contributed by atoms with Gasteiger partial charge in [0.25, 0.3) is 5.56 Å². The number of nitrogens with zero attached hydrogens (tertiary/aromatic N) is 1. The molecule has 0 aromatic carbocycles. The highest BCUT2D eigenvalue weighted by molar-refractivity contribution is 5.33. The fraction of sp³-hybridized carbons (Fsp3) is 0.545. The van der Waals surface area contributed by atoms with Gasteiger partial charge in [0.15, 0.2) is 0 Å². The zero-order chi connectivity index (χ0) is 11.3. The Hall–Kier alpha value is -1.29. The number of nitrogens with two attached hydrogens (primary N) is 1. The zero-order valence-corrected chi connectivity index (χ0v) is 9.27. The third-order valence-electron chi connectivity index (χ3n) is 2.37. The van der Waals surface area contributed by atoms with Crippen molar-refractivity contribution in [1.82, 2.24) is 4.57 Å². The molecule has 2 N–H and O–H groups in total. The summed E-state index contributed by atoms with van der Waals surface area (Å²) < 4.78 is 7.05. The number of hydrogen-bond acceptors (Lipinski definition) is 3. The Bertz CT molecular complexity index is 356. The van der Waals surface area contributed by atoms with Crippen molar-refractivity contribution in [1.29, 1.82) is 0 Å². The maximum atomic E-state index is 11.4. The number of ether oxygens (including phenoxy) is 1. The monoisotopic (exact) mass is 210 g/mol. The van der Waals surface area contributed by atoms with Crippen molar-refractivity contribution in [2.24, 2.45) is 0 Å². The Morgan fingerprint density at radius 3 is 2.67 bits per heavy atom. The molecule has 4 nitrogen and oxygen atoms in total. The second-order valence-electron chi connectivity index (χ2n) is 3.50. The van der Waals surface area contributed by atoms with E-state index in [4.69, 9.17) is 10.5 Å². The third-order valence-corrected chi connectivity index (χ3v) is 2.37. The van der Waals surface area contributed by atoms with Gasteiger partial charge < -0.3 is 10.5 Å². The van der Waals surface area contributed by atoms with Crippen LogP contribution >= 0.6 is 0 Å². The molecular weight excluding hydrogens is 192 g/mol. The predicted molar refractivity (Wildman–Crippen MR) is 60.6 cm³/mol. The van der Waals surface area contributed by atoms with Crippen molar-refractivity contribution < 1.29 is 4.74 Å². The van der Waals surface area contributed by atoms with E-state index in [0.717, 1.165) is 12.8 Å². The Labute approximate surface area is 89.7 Å². The quantitative estimate of drug-likeness (QED) is 0.803. The average Bonchev–Trinajstić information content (AvgIpc) is 2.24. The lowest BCUT2D eigenvalue weighted by Crippen LogP contribution is -2.23. The van der Waals surface area contributed by atoms with Crippen LogP contribution in [-0.2, 0) is 11.5 Å². The van der Waals surface area contributed by atoms with Gasteiger partial charge in [-0.1, -0.05) is 13.8 Å². The Kier molecular flexibility index (Phi) is 4.37. The van der Waals surface area contributed by atoms with E-state index in [9.17, 15) is 4.79 Å². The van der Waals surface area contributed by atoms with Gasteiger partial charge in [0.05, 0.1) is 6.10 Å². The first kappa shape index (κ1) is 11.8. The fourth-order valence-electron chi connectivity index (χ4n) is 1.36. The molecule has 15 heavy (non-hydrogen) atoms. The van der Waals surface area contributed by atoms with E-state index in [1.165, 1.54) is 10.6 Å². The normalized spacial score (nSPS) is 10.9. The second-order valence-corrected chi connectivity index (χ2v) is 3.50. The van der Waals surface area contributed by atoms with Crippen LogP contribution in [-0.4, -0.2) is 10.7 Å². The van der Waals surface area contributed by atoms with Crippen LogP contribution in [0.25, 0.3) is 0 Å². The molecule has 84 valence electrons. The van der Waals surface area contributed by atoms with E-state index in [2.05, 4.69) is 13.8 Å². The zero-order valence-electron chi connectivity index (χ0n) is 9.27. The summed E-state index contributed by atoms with van der Waals surface area (Å²) in [5, 5.41) is 0. The molecule has 1 rings (SSSR count). The van der Waals surface area contributed by atoms with Gasteiger partial charge >= 0.3 is 0 Å². The second kappa shape index (κ2) is 5.56. The van der Waals surface area contributed by atoms with Gasteiger partial charge in [-0.05, 0) is 18.9 Å². The molecule has 0 unspecified atom stereocenters. The lowest BCUT2D eigenvalue weighted by Gasteiger charge is -2.14. The first-order valence-corrected chi connectivity index (χ1v) is 5.25. The summed E-state index contributed by atoms with van der Waals surface area (Å²) in [4.78, 5) is 11.4. The summed E-state index contributed by atoms with van der Waals surface area (Å²) in [5.74, 6) is 0. The van der Waals surface area contributed by atoms with Crippen LogP contribution in [0.1, 0.15) is 26.7 Å². The van der Waals surface area contributed by atoms with Crippen LogP contribution in [0.4, 0.5) is 5.69 Å². The summed E-state index contributed by atoms with van der Waals surface area (Å²) in [7, 11) is 0. The largest absolute Gasteiger partial charge is 0.398 e. The van der Waals surface area contributed by atoms with E-state index in [1.807, 2.05) is 0 Å². The van der Waals surface area contributed by atoms with Crippen molar-refractivity contribution in [2.75, 3.05) is 5.73 Å². The maximum Gasteiger partial charge on any atom is 0.252 e. The summed E-state index contributed by atoms with van der Waals surface area (Å²) in [6.45, 7) is 4.41. The first-order chi connectivity index (χ1) is 7.17. The maximum absolute atomic E-state index is 11.4. The molecular formula is C11H18N2O2. The van der Waals surface area contributed by atoms with Crippen LogP contribution in [0.3, 0.4) is 0 Å². The number of nitrogen functional groups attached to an aromatic ring is 1. The van der Waals surface area contributed by atoms with Gasteiger partial charge in [-0.25, -0.2) is 0 Å². The van der Waals surface area contributed by atoms with Crippen LogP contribution < -0.4 is 11.3 Å². The fourth-order valence-corrected chi connectivity index (χ4v) is 1.36. The SMILES string of the molecule is CCC(CC)OCn1cc(N)ccc1=O. The molecule has 0 bridgehead atoms. The third kappa shape index (κ3) is 3.40. The molecule has 1 aromatic rings. The molecule has 0 fully saturated rings. The molecule has 0 aliphatic heterocycles. The lowest BCUT2D eigenvalue weighted by atomic mass is 10.2. The topological polar surface area (TPSA) is 57.2 Å². The van der Waals surface area contributed by atoms with Crippen molar-refractivity contribution in [3.8, 4) is 0 Å². The minimum absolute atomic E-state index is 0.0878. The molecule has 1 heterocycles. The van der Waals surface area contributed by atoms with Crippen molar-refractivity contribution in [3.63, 3.8) is 0 Å². The van der Waals surface area contributed by atoms with E-state index in [0.29, 0.717) is 5.69 Å². The van der Waals surface area contributed by atoms with Crippen LogP contribution in [0.15, 0.2) is 23.1 Å². The van der Waals surface area contributed by atoms with Gasteiger partial charge in [-0.2, -0.15) is 0 Å². The summed E-state index contributed by atoms with van der Waals surface area (Å²) in [5.41, 5.74) is 6.07. The van der Waals surface area contributed by atoms with E-state index < -0.39 is 0 Å². The number of aromatic nitrogens is 1. The van der Waals surface area contributed by atoms with Crippen molar-refractivity contribution >= 4 is 5.69 Å². The molecule has 0 radical (unpaired) electrons. The lowest BCUT2D eigenvalue weighted by molar-refractivity contribution is 0.00158. The molecule has 0 atom stereocenters. The standard InChI is InChI=1S/C11H18N2O2/c1-3-10(4-2)15-8-13-7-9(12)5-6-11(13)14/h5-7,10H,3-4,8,12H2,1-2H3. The Morgan fingerprint density at radius 1 is 1.40 bits per heavy atom. The van der Waals surface area contributed by atoms with Gasteiger partial charge in [0.2, 0.25) is 0 Å². The van der Waals surface area contributed by atoms with Crippen molar-refractivity contribution in [2.45, 2.75) is 39.5 Å². The molecule has 0 aliphatic rings. The first-order valence-electron chi connectivity index (χ1n) is 5.25. The predicted octanol–water partition coefficient (Wildman–Crippen LogP) is 1.59. The average molecular weight is 210 g/mol. The molecule has 4 heteroatoms. The summed E-state index contributed by atoms with van der Waals surface area (Å²) >= 11 is 0. The number of rotatable bonds is 5. The molecule has 0 saturated carbocycles. The van der Waals surface area contributed by atoms with E-state index in [1.54, 1.807) is 12.3 Å². The molecule has 0 saturated heterocycles. The highest BCUT2D eigenvalue weighted by Gasteiger charge is 2.04. The minimum Gasteiger partial charge on any atom is -0.398 e. The highest BCUT2D eigenvalue weighted by atomic mass is 16.5. The molecule has 0 spiro atoms. The van der Waals surface area contributed by atoms with Gasteiger partial charge in [-0.15, -0.1) is 0 Å². The van der Waals surface area contributed by atoms with Gasteiger partial charge in [-0.3, -0.25) is 9.36 Å². The Morgan fingerprint density at radius 2 is 2.07 bits per heavy atom. The summed E-state index contributed by atoms with van der Waals surface area (Å²) in [6.07, 6.45) is 3.71. The number of anilines is 1. The smallest absolute Gasteiger partial charge is 0.252 e. The molecule has 0 amide bonds. The molecule has 1 aromatic heterocycles. The Balaban J connectivity index is 2.64. The van der Waals surface area contributed by atoms with Crippen LogP contribution in [0.5, 0.6) is 0 Å². The number of pyridine rings is 1.